The maximum Gasteiger partial charge on any atom is 0.230 e. The van der Waals surface area contributed by atoms with E-state index in [-0.39, 0.29) is 11.2 Å². The molecule has 22 heavy (non-hydrogen) atoms. The molecule has 1 atom stereocenters. The van der Waals surface area contributed by atoms with Crippen LogP contribution in [-0.4, -0.2) is 27.5 Å². The largest absolute Gasteiger partial charge is 0.357 e. The Morgan fingerprint density at radius 3 is 2.45 bits per heavy atom. The maximum atomic E-state index is 9.66. The molecule has 0 aliphatic rings. The standard InChI is InChI=1S/C15H17ClN6/c1-3-15(10-17,9-11-7-5-4-6-8-11)22-14-20-12(16)19-13(18-2)21-14/h4-8H,3,9H2,1-2H3,(H2,18,19,20,21,22). The van der Waals surface area contributed by atoms with E-state index in [2.05, 4.69) is 31.7 Å². The molecule has 2 rings (SSSR count). The lowest BCUT2D eigenvalue weighted by Crippen LogP contribution is -2.39. The molecular formula is C15H17ClN6. The van der Waals surface area contributed by atoms with Crippen LogP contribution in [0.3, 0.4) is 0 Å². The van der Waals surface area contributed by atoms with Crippen molar-refractivity contribution in [1.29, 1.82) is 5.26 Å². The van der Waals surface area contributed by atoms with Gasteiger partial charge in [-0.3, -0.25) is 0 Å². The molecule has 6 nitrogen and oxygen atoms in total. The van der Waals surface area contributed by atoms with E-state index in [1.807, 2.05) is 37.3 Å². The predicted octanol–water partition coefficient (Wildman–Crippen LogP) is 2.89. The number of hydrogen-bond acceptors (Lipinski definition) is 6. The summed E-state index contributed by atoms with van der Waals surface area (Å²) in [7, 11) is 1.69. The zero-order valence-corrected chi connectivity index (χ0v) is 13.2. The highest BCUT2D eigenvalue weighted by molar-refractivity contribution is 6.28. The van der Waals surface area contributed by atoms with Gasteiger partial charge in [0.05, 0.1) is 6.07 Å². The van der Waals surface area contributed by atoms with Crippen molar-refractivity contribution in [2.45, 2.75) is 25.3 Å². The van der Waals surface area contributed by atoms with E-state index in [9.17, 15) is 5.26 Å². The van der Waals surface area contributed by atoms with Gasteiger partial charge in [-0.05, 0) is 23.6 Å². The summed E-state index contributed by atoms with van der Waals surface area (Å²) in [5.74, 6) is 0.633. The Bertz CT molecular complexity index is 669. The fraction of sp³-hybridized carbons (Fsp3) is 0.333. The Morgan fingerprint density at radius 1 is 1.18 bits per heavy atom. The summed E-state index contributed by atoms with van der Waals surface area (Å²) in [4.78, 5) is 12.2. The van der Waals surface area contributed by atoms with Gasteiger partial charge in [-0.15, -0.1) is 0 Å². The summed E-state index contributed by atoms with van der Waals surface area (Å²) < 4.78 is 0. The van der Waals surface area contributed by atoms with Crippen LogP contribution in [0.2, 0.25) is 5.28 Å². The SMILES string of the molecule is CCC(C#N)(Cc1ccccc1)Nc1nc(Cl)nc(NC)n1. The highest BCUT2D eigenvalue weighted by atomic mass is 35.5. The predicted molar refractivity (Wildman–Crippen MR) is 86.8 cm³/mol. The van der Waals surface area contributed by atoms with Crippen molar-refractivity contribution in [3.8, 4) is 6.07 Å². The zero-order valence-electron chi connectivity index (χ0n) is 12.5. The van der Waals surface area contributed by atoms with Crippen LogP contribution in [0, 0.1) is 11.3 Å². The Kier molecular flexibility index (Phi) is 5.12. The summed E-state index contributed by atoms with van der Waals surface area (Å²) >= 11 is 5.88. The first-order valence-corrected chi connectivity index (χ1v) is 7.31. The van der Waals surface area contributed by atoms with Gasteiger partial charge in [0.1, 0.15) is 5.54 Å². The third-order valence-electron chi connectivity index (χ3n) is 3.35. The molecule has 0 aliphatic carbocycles. The molecule has 1 unspecified atom stereocenters. The Labute approximate surface area is 134 Å². The van der Waals surface area contributed by atoms with Gasteiger partial charge in [0, 0.05) is 13.5 Å². The van der Waals surface area contributed by atoms with E-state index >= 15 is 0 Å². The maximum absolute atomic E-state index is 9.66. The lowest BCUT2D eigenvalue weighted by Gasteiger charge is -2.26. The number of rotatable bonds is 6. The van der Waals surface area contributed by atoms with Crippen LogP contribution in [0.1, 0.15) is 18.9 Å². The fourth-order valence-corrected chi connectivity index (χ4v) is 2.24. The van der Waals surface area contributed by atoms with Gasteiger partial charge < -0.3 is 10.6 Å². The average Bonchev–Trinajstić information content (AvgIpc) is 2.54. The molecule has 0 amide bonds. The lowest BCUT2D eigenvalue weighted by atomic mass is 9.90. The summed E-state index contributed by atoms with van der Waals surface area (Å²) in [6.45, 7) is 1.95. The van der Waals surface area contributed by atoms with Gasteiger partial charge in [-0.25, -0.2) is 0 Å². The van der Waals surface area contributed by atoms with Gasteiger partial charge in [0.25, 0.3) is 0 Å². The number of halogens is 1. The molecule has 0 saturated carbocycles. The minimum Gasteiger partial charge on any atom is -0.357 e. The topological polar surface area (TPSA) is 86.5 Å². The fourth-order valence-electron chi connectivity index (χ4n) is 2.08. The number of benzene rings is 1. The van der Waals surface area contributed by atoms with Crippen molar-refractivity contribution < 1.29 is 0 Å². The van der Waals surface area contributed by atoms with Crippen molar-refractivity contribution in [3.63, 3.8) is 0 Å². The summed E-state index contributed by atoms with van der Waals surface area (Å²) in [5.41, 5.74) is 0.254. The normalized spacial score (nSPS) is 13.0. The van der Waals surface area contributed by atoms with E-state index in [1.54, 1.807) is 7.05 Å². The van der Waals surface area contributed by atoms with Gasteiger partial charge >= 0.3 is 0 Å². The van der Waals surface area contributed by atoms with Crippen molar-refractivity contribution in [1.82, 2.24) is 15.0 Å². The molecule has 0 aliphatic heterocycles. The van der Waals surface area contributed by atoms with E-state index in [1.165, 1.54) is 0 Å². The second-order valence-corrected chi connectivity index (χ2v) is 5.17. The molecule has 1 aromatic carbocycles. The van der Waals surface area contributed by atoms with Crippen LogP contribution in [-0.2, 0) is 6.42 Å². The van der Waals surface area contributed by atoms with Gasteiger partial charge in [-0.1, -0.05) is 37.3 Å². The van der Waals surface area contributed by atoms with Crippen LogP contribution in [0.15, 0.2) is 30.3 Å². The van der Waals surface area contributed by atoms with Gasteiger partial charge in [0.15, 0.2) is 0 Å². The third-order valence-corrected chi connectivity index (χ3v) is 3.52. The highest BCUT2D eigenvalue weighted by Gasteiger charge is 2.29. The summed E-state index contributed by atoms with van der Waals surface area (Å²) in [6.07, 6.45) is 1.13. The molecule has 2 N–H and O–H groups in total. The van der Waals surface area contributed by atoms with E-state index in [0.717, 1.165) is 5.56 Å². The number of nitrogens with one attached hydrogen (secondary N) is 2. The number of anilines is 2. The lowest BCUT2D eigenvalue weighted by molar-refractivity contribution is 0.558. The molecule has 7 heteroatoms. The number of nitrogens with zero attached hydrogens (tertiary/aromatic N) is 4. The molecule has 0 saturated heterocycles. The van der Waals surface area contributed by atoms with Gasteiger partial charge in [0.2, 0.25) is 17.2 Å². The Hall–Kier alpha value is -2.39. The molecule has 1 heterocycles. The average molecular weight is 317 g/mol. The number of aromatic nitrogens is 3. The second kappa shape index (κ2) is 7.05. The van der Waals surface area contributed by atoms with Crippen molar-refractivity contribution in [3.05, 3.63) is 41.2 Å². The molecule has 0 radical (unpaired) electrons. The van der Waals surface area contributed by atoms with Gasteiger partial charge in [-0.2, -0.15) is 20.2 Å². The van der Waals surface area contributed by atoms with E-state index in [4.69, 9.17) is 11.6 Å². The first-order valence-electron chi connectivity index (χ1n) is 6.93. The minimum absolute atomic E-state index is 0.0736. The van der Waals surface area contributed by atoms with Crippen molar-refractivity contribution in [2.24, 2.45) is 0 Å². The van der Waals surface area contributed by atoms with Crippen LogP contribution in [0.25, 0.3) is 0 Å². The Morgan fingerprint density at radius 2 is 1.86 bits per heavy atom. The summed E-state index contributed by atoms with van der Waals surface area (Å²) in [5, 5.41) is 15.7. The number of hydrogen-bond donors (Lipinski definition) is 2. The van der Waals surface area contributed by atoms with Crippen LogP contribution >= 0.6 is 11.6 Å². The summed E-state index contributed by atoms with van der Waals surface area (Å²) in [6, 6.07) is 12.2. The van der Waals surface area contributed by atoms with Crippen molar-refractivity contribution in [2.75, 3.05) is 17.7 Å². The van der Waals surface area contributed by atoms with E-state index < -0.39 is 5.54 Å². The van der Waals surface area contributed by atoms with E-state index in [0.29, 0.717) is 18.8 Å². The van der Waals surface area contributed by atoms with Crippen molar-refractivity contribution >= 4 is 23.5 Å². The monoisotopic (exact) mass is 316 g/mol. The van der Waals surface area contributed by atoms with Crippen LogP contribution < -0.4 is 10.6 Å². The molecule has 2 aromatic rings. The molecular weight excluding hydrogens is 300 g/mol. The quantitative estimate of drug-likeness (QED) is 0.852. The number of nitriles is 1. The molecule has 0 spiro atoms. The second-order valence-electron chi connectivity index (χ2n) is 4.84. The molecule has 114 valence electrons. The minimum atomic E-state index is -0.808. The van der Waals surface area contributed by atoms with Crippen LogP contribution in [0.5, 0.6) is 0 Å². The molecule has 1 aromatic heterocycles. The Balaban J connectivity index is 2.29. The zero-order chi connectivity index (χ0) is 16.0. The smallest absolute Gasteiger partial charge is 0.230 e. The molecule has 0 fully saturated rings. The third kappa shape index (κ3) is 3.83. The first-order chi connectivity index (χ1) is 10.6. The highest BCUT2D eigenvalue weighted by Crippen LogP contribution is 2.22. The molecule has 0 bridgehead atoms. The first kappa shape index (κ1) is 16.0. The van der Waals surface area contributed by atoms with Crippen LogP contribution in [0.4, 0.5) is 11.9 Å².